The van der Waals surface area contributed by atoms with Crippen molar-refractivity contribution < 1.29 is 24.5 Å². The van der Waals surface area contributed by atoms with Crippen LogP contribution in [0.5, 0.6) is 11.5 Å². The van der Waals surface area contributed by atoms with Gasteiger partial charge in [-0.15, -0.1) is 0 Å². The van der Waals surface area contributed by atoms with E-state index in [9.17, 15) is 19.8 Å². The van der Waals surface area contributed by atoms with Crippen LogP contribution in [0.1, 0.15) is 73.9 Å². The Labute approximate surface area is 165 Å². The average Bonchev–Trinajstić information content (AvgIpc) is 2.87. The molecule has 1 aliphatic heterocycles. The summed E-state index contributed by atoms with van der Waals surface area (Å²) in [5.74, 6) is -0.313. The first-order valence-corrected chi connectivity index (χ1v) is 9.63. The maximum atomic E-state index is 11.8. The Kier molecular flexibility index (Phi) is 7.06. The van der Waals surface area contributed by atoms with Crippen molar-refractivity contribution in [2.45, 2.75) is 71.0 Å². The maximum absolute atomic E-state index is 11.8. The van der Waals surface area contributed by atoms with Gasteiger partial charge in [0.2, 0.25) is 0 Å². The normalized spacial score (nSPS) is 19.1. The first kappa shape index (κ1) is 21.5. The first-order chi connectivity index (χ1) is 12.7. The monoisotopic (exact) mass is 394 g/mol. The summed E-state index contributed by atoms with van der Waals surface area (Å²) in [6.07, 6.45) is 9.01. The molecular formula is C21H27ClO5. The Hall–Kier alpha value is -1.85. The van der Waals surface area contributed by atoms with Crippen LogP contribution in [-0.4, -0.2) is 34.0 Å². The molecule has 148 valence electrons. The molecule has 1 heterocycles. The highest BCUT2D eigenvalue weighted by molar-refractivity contribution is 6.33. The predicted molar refractivity (Wildman–Crippen MR) is 106 cm³/mol. The van der Waals surface area contributed by atoms with Crippen molar-refractivity contribution in [1.29, 1.82) is 0 Å². The van der Waals surface area contributed by atoms with Gasteiger partial charge < -0.3 is 14.9 Å². The van der Waals surface area contributed by atoms with Crippen molar-refractivity contribution in [3.63, 3.8) is 0 Å². The van der Waals surface area contributed by atoms with Crippen LogP contribution < -0.4 is 0 Å². The minimum Gasteiger partial charge on any atom is -0.506 e. The summed E-state index contributed by atoms with van der Waals surface area (Å²) in [6, 6.07) is 0. The zero-order chi connectivity index (χ0) is 20.2. The molecule has 1 saturated heterocycles. The number of hydrogen-bond donors (Lipinski definition) is 2. The minimum absolute atomic E-state index is 0.0217. The number of carbonyl (C=O) groups is 2. The molecule has 5 nitrogen and oxygen atoms in total. The van der Waals surface area contributed by atoms with Crippen LogP contribution >= 0.6 is 11.6 Å². The topological polar surface area (TPSA) is 83.8 Å². The lowest BCUT2D eigenvalue weighted by Crippen LogP contribution is -2.27. The van der Waals surface area contributed by atoms with Gasteiger partial charge in [0.05, 0.1) is 22.3 Å². The Morgan fingerprint density at radius 2 is 1.89 bits per heavy atom. The summed E-state index contributed by atoms with van der Waals surface area (Å²) in [6.45, 7) is 5.21. The van der Waals surface area contributed by atoms with Crippen molar-refractivity contribution in [2.24, 2.45) is 0 Å². The summed E-state index contributed by atoms with van der Waals surface area (Å²) < 4.78 is 5.76. The minimum atomic E-state index is -0.646. The van der Waals surface area contributed by atoms with E-state index in [1.54, 1.807) is 13.0 Å². The quantitative estimate of drug-likeness (QED) is 0.480. The molecule has 27 heavy (non-hydrogen) atoms. The molecular weight excluding hydrogens is 368 g/mol. The van der Waals surface area contributed by atoms with Gasteiger partial charge >= 0.3 is 0 Å². The van der Waals surface area contributed by atoms with Crippen LogP contribution in [0.25, 0.3) is 6.08 Å². The number of unbranched alkanes of at least 4 members (excludes halogenated alkanes) is 3. The number of ether oxygens (including phenoxy) is 1. The Morgan fingerprint density at radius 3 is 2.48 bits per heavy atom. The van der Waals surface area contributed by atoms with Crippen molar-refractivity contribution in [3.8, 4) is 11.5 Å². The summed E-state index contributed by atoms with van der Waals surface area (Å²) in [7, 11) is 0. The van der Waals surface area contributed by atoms with Crippen LogP contribution in [0.15, 0.2) is 6.08 Å². The van der Waals surface area contributed by atoms with Crippen molar-refractivity contribution in [2.75, 3.05) is 0 Å². The molecule has 2 N–H and O–H groups in total. The van der Waals surface area contributed by atoms with Gasteiger partial charge in [-0.05, 0) is 45.6 Å². The van der Waals surface area contributed by atoms with Crippen molar-refractivity contribution >= 4 is 29.7 Å². The molecule has 0 amide bonds. The first-order valence-electron chi connectivity index (χ1n) is 9.25. The highest BCUT2D eigenvalue weighted by Gasteiger charge is 2.39. The molecule has 0 aromatic heterocycles. The fourth-order valence-corrected chi connectivity index (χ4v) is 3.50. The maximum Gasteiger partial charge on any atom is 0.166 e. The summed E-state index contributed by atoms with van der Waals surface area (Å²) >= 11 is 6.02. The molecule has 1 aliphatic rings. The van der Waals surface area contributed by atoms with Gasteiger partial charge in [-0.3, -0.25) is 9.59 Å². The van der Waals surface area contributed by atoms with E-state index in [0.717, 1.165) is 32.1 Å². The largest absolute Gasteiger partial charge is 0.506 e. The lowest BCUT2D eigenvalue weighted by molar-refractivity contribution is -0.129. The van der Waals surface area contributed by atoms with E-state index >= 15 is 0 Å². The van der Waals surface area contributed by atoms with Gasteiger partial charge in [0.1, 0.15) is 17.1 Å². The summed E-state index contributed by atoms with van der Waals surface area (Å²) in [5, 5.41) is 20.3. The molecule has 1 fully saturated rings. The van der Waals surface area contributed by atoms with Crippen LogP contribution in [0, 0.1) is 6.92 Å². The van der Waals surface area contributed by atoms with Crippen molar-refractivity contribution in [3.05, 3.63) is 27.8 Å². The number of rotatable bonds is 8. The number of hydrogen-bond acceptors (Lipinski definition) is 5. The van der Waals surface area contributed by atoms with Crippen LogP contribution in [0.3, 0.4) is 0 Å². The number of aldehydes is 1. The molecule has 2 rings (SSSR count). The molecule has 6 heteroatoms. The number of benzene rings is 1. The second-order valence-corrected chi connectivity index (χ2v) is 7.88. The van der Waals surface area contributed by atoms with Gasteiger partial charge in [-0.2, -0.15) is 0 Å². The van der Waals surface area contributed by atoms with Crippen LogP contribution in [-0.2, 0) is 9.53 Å². The third kappa shape index (κ3) is 4.90. The van der Waals surface area contributed by atoms with Crippen LogP contribution in [0.4, 0.5) is 0 Å². The second kappa shape index (κ2) is 8.89. The van der Waals surface area contributed by atoms with E-state index in [2.05, 4.69) is 0 Å². The van der Waals surface area contributed by atoms with Gasteiger partial charge in [0.25, 0.3) is 0 Å². The number of halogens is 1. The Bertz CT molecular complexity index is 752. The third-order valence-corrected chi connectivity index (χ3v) is 5.51. The van der Waals surface area contributed by atoms with Crippen LogP contribution in [0.2, 0.25) is 5.02 Å². The predicted octanol–water partition coefficient (Wildman–Crippen LogP) is 4.97. The van der Waals surface area contributed by atoms with E-state index in [4.69, 9.17) is 16.3 Å². The zero-order valence-corrected chi connectivity index (χ0v) is 16.8. The lowest BCUT2D eigenvalue weighted by Gasteiger charge is -2.17. The molecule has 1 aromatic rings. The van der Waals surface area contributed by atoms with Crippen molar-refractivity contribution in [1.82, 2.24) is 0 Å². The van der Waals surface area contributed by atoms with E-state index in [1.807, 2.05) is 19.9 Å². The summed E-state index contributed by atoms with van der Waals surface area (Å²) in [4.78, 5) is 22.9. The standard InChI is InChI=1S/C21H27ClO5/c1-13-16(12-23)19(25)15(20(26)18(13)22)10-8-6-4-5-7-9-14-11-17(24)21(2,3)27-14/h8,10,12,14,25-26H,4-7,9,11H2,1-3H3/b10-8+. The smallest absolute Gasteiger partial charge is 0.166 e. The fourth-order valence-electron chi connectivity index (χ4n) is 3.30. The molecule has 1 aromatic carbocycles. The molecule has 0 spiro atoms. The Morgan fingerprint density at radius 1 is 1.19 bits per heavy atom. The summed E-state index contributed by atoms with van der Waals surface area (Å²) in [5.41, 5.74) is -0.0403. The average molecular weight is 395 g/mol. The number of allylic oxidation sites excluding steroid dienone is 1. The Balaban J connectivity index is 1.81. The molecule has 0 bridgehead atoms. The van der Waals surface area contributed by atoms with Gasteiger partial charge in [-0.25, -0.2) is 0 Å². The number of phenols is 2. The van der Waals surface area contributed by atoms with E-state index < -0.39 is 5.60 Å². The van der Waals surface area contributed by atoms with E-state index in [-0.39, 0.29) is 39.5 Å². The molecule has 0 aliphatic carbocycles. The number of aromatic hydroxyl groups is 2. The molecule has 0 radical (unpaired) electrons. The third-order valence-electron chi connectivity index (χ3n) is 5.05. The highest BCUT2D eigenvalue weighted by Crippen LogP contribution is 2.40. The molecule has 0 saturated carbocycles. The van der Waals surface area contributed by atoms with E-state index in [0.29, 0.717) is 18.3 Å². The highest BCUT2D eigenvalue weighted by atomic mass is 35.5. The molecule has 1 atom stereocenters. The number of phenolic OH excluding ortho intramolecular Hbond substituents is 2. The zero-order valence-electron chi connectivity index (χ0n) is 16.0. The second-order valence-electron chi connectivity index (χ2n) is 7.50. The van der Waals surface area contributed by atoms with Gasteiger partial charge in [-0.1, -0.05) is 36.6 Å². The van der Waals surface area contributed by atoms with Gasteiger partial charge in [0.15, 0.2) is 12.1 Å². The van der Waals surface area contributed by atoms with E-state index in [1.165, 1.54) is 0 Å². The lowest BCUT2D eigenvalue weighted by atomic mass is 10.0. The SMILES string of the molecule is Cc1c(Cl)c(O)c(/C=C/CCCCCC2CC(=O)C(C)(C)O2)c(O)c1C=O. The number of carbonyl (C=O) groups excluding carboxylic acids is 2. The number of Topliss-reactive ketones (excluding diaryl/α,β-unsaturated/α-hetero) is 1. The number of ketones is 1. The van der Waals surface area contributed by atoms with Gasteiger partial charge in [0, 0.05) is 6.42 Å². The molecule has 1 unspecified atom stereocenters. The fraction of sp³-hybridized carbons (Fsp3) is 0.524.